The fourth-order valence-corrected chi connectivity index (χ4v) is 3.38. The van der Waals surface area contributed by atoms with Gasteiger partial charge in [0.2, 0.25) is 0 Å². The first-order valence-corrected chi connectivity index (χ1v) is 7.46. The van der Waals surface area contributed by atoms with Gasteiger partial charge in [0.05, 0.1) is 13.2 Å². The highest BCUT2D eigenvalue weighted by molar-refractivity contribution is 5.44. The number of hydrogen-bond acceptors (Lipinski definition) is 2. The second-order valence-corrected chi connectivity index (χ2v) is 5.88. The Kier molecular flexibility index (Phi) is 4.87. The third-order valence-electron chi connectivity index (χ3n) is 4.37. The van der Waals surface area contributed by atoms with Crippen molar-refractivity contribution in [2.24, 2.45) is 5.92 Å². The molecule has 0 heterocycles. The maximum absolute atomic E-state index is 10.6. The van der Waals surface area contributed by atoms with Gasteiger partial charge in [-0.15, -0.1) is 0 Å². The Morgan fingerprint density at radius 2 is 1.58 bits per heavy atom. The first kappa shape index (κ1) is 14.4. The van der Waals surface area contributed by atoms with Gasteiger partial charge in [-0.3, -0.25) is 0 Å². The van der Waals surface area contributed by atoms with Crippen LogP contribution in [-0.4, -0.2) is 12.2 Å². The molecule has 0 aliphatic heterocycles. The number of rotatable bonds is 3. The molecule has 0 amide bonds. The highest BCUT2D eigenvalue weighted by Gasteiger charge is 2.23. The lowest BCUT2D eigenvalue weighted by Crippen LogP contribution is -2.12. The van der Waals surface area contributed by atoms with E-state index in [0.29, 0.717) is 5.92 Å². The van der Waals surface area contributed by atoms with Gasteiger partial charge >= 0.3 is 0 Å². The van der Waals surface area contributed by atoms with Crippen LogP contribution in [0, 0.1) is 19.8 Å². The highest BCUT2D eigenvalue weighted by Crippen LogP contribution is 2.36. The SMILES string of the molecule is COc1c(C)cc(C(O)C2CCCCCC2)cc1C. The first-order chi connectivity index (χ1) is 9.13. The molecular formula is C17H26O2. The highest BCUT2D eigenvalue weighted by atomic mass is 16.5. The van der Waals surface area contributed by atoms with Crippen molar-refractivity contribution in [2.75, 3.05) is 7.11 Å². The topological polar surface area (TPSA) is 29.5 Å². The van der Waals surface area contributed by atoms with Gasteiger partial charge in [0.15, 0.2) is 0 Å². The van der Waals surface area contributed by atoms with E-state index in [4.69, 9.17) is 4.74 Å². The van der Waals surface area contributed by atoms with Crippen molar-refractivity contribution in [2.45, 2.75) is 58.5 Å². The molecule has 1 aromatic rings. The molecule has 19 heavy (non-hydrogen) atoms. The van der Waals surface area contributed by atoms with Crippen LogP contribution in [0.25, 0.3) is 0 Å². The molecule has 0 radical (unpaired) electrons. The molecule has 0 spiro atoms. The van der Waals surface area contributed by atoms with Gasteiger partial charge in [0.25, 0.3) is 0 Å². The molecule has 1 unspecified atom stereocenters. The number of methoxy groups -OCH3 is 1. The molecule has 106 valence electrons. The Labute approximate surface area is 116 Å². The minimum atomic E-state index is -0.318. The number of aryl methyl sites for hydroxylation is 2. The van der Waals surface area contributed by atoms with Crippen LogP contribution in [0.3, 0.4) is 0 Å². The van der Waals surface area contributed by atoms with Gasteiger partial charge < -0.3 is 9.84 Å². The Hall–Kier alpha value is -1.02. The van der Waals surface area contributed by atoms with Crippen molar-refractivity contribution in [3.63, 3.8) is 0 Å². The van der Waals surface area contributed by atoms with E-state index in [1.807, 2.05) is 0 Å². The summed E-state index contributed by atoms with van der Waals surface area (Å²) in [6.45, 7) is 4.10. The van der Waals surface area contributed by atoms with Crippen LogP contribution in [0.2, 0.25) is 0 Å². The molecule has 2 heteroatoms. The summed E-state index contributed by atoms with van der Waals surface area (Å²) < 4.78 is 5.39. The molecule has 1 saturated carbocycles. The second kappa shape index (κ2) is 6.42. The van der Waals surface area contributed by atoms with Crippen LogP contribution in [0.1, 0.15) is 61.3 Å². The van der Waals surface area contributed by atoms with Crippen LogP contribution in [0.5, 0.6) is 5.75 Å². The average molecular weight is 262 g/mol. The largest absolute Gasteiger partial charge is 0.496 e. The van der Waals surface area contributed by atoms with Crippen LogP contribution in [-0.2, 0) is 0 Å². The van der Waals surface area contributed by atoms with Crippen molar-refractivity contribution in [3.8, 4) is 5.75 Å². The number of aliphatic hydroxyl groups excluding tert-OH is 1. The molecule has 1 aliphatic rings. The summed E-state index contributed by atoms with van der Waals surface area (Å²) in [6, 6.07) is 4.17. The number of ether oxygens (including phenoxy) is 1. The van der Waals surface area contributed by atoms with E-state index in [1.165, 1.54) is 25.7 Å². The molecule has 1 aliphatic carbocycles. The second-order valence-electron chi connectivity index (χ2n) is 5.88. The van der Waals surface area contributed by atoms with Gasteiger partial charge in [0.1, 0.15) is 5.75 Å². The zero-order valence-corrected chi connectivity index (χ0v) is 12.4. The Morgan fingerprint density at radius 1 is 1.05 bits per heavy atom. The molecule has 1 fully saturated rings. The minimum Gasteiger partial charge on any atom is -0.496 e. The molecule has 1 aromatic carbocycles. The van der Waals surface area contributed by atoms with Crippen LogP contribution in [0.15, 0.2) is 12.1 Å². The van der Waals surface area contributed by atoms with Crippen molar-refractivity contribution < 1.29 is 9.84 Å². The summed E-state index contributed by atoms with van der Waals surface area (Å²) in [7, 11) is 1.71. The summed E-state index contributed by atoms with van der Waals surface area (Å²) in [5.41, 5.74) is 3.29. The molecule has 0 bridgehead atoms. The van der Waals surface area contributed by atoms with Crippen LogP contribution >= 0.6 is 0 Å². The van der Waals surface area contributed by atoms with E-state index in [-0.39, 0.29) is 6.10 Å². The van der Waals surface area contributed by atoms with Crippen molar-refractivity contribution >= 4 is 0 Å². The average Bonchev–Trinajstić information content (AvgIpc) is 2.66. The summed E-state index contributed by atoms with van der Waals surface area (Å²) in [5.74, 6) is 1.37. The lowest BCUT2D eigenvalue weighted by atomic mass is 9.88. The third kappa shape index (κ3) is 3.30. The predicted octanol–water partition coefficient (Wildman–Crippen LogP) is 4.32. The predicted molar refractivity (Wildman–Crippen MR) is 78.6 cm³/mol. The van der Waals surface area contributed by atoms with E-state index in [0.717, 1.165) is 35.3 Å². The summed E-state index contributed by atoms with van der Waals surface area (Å²) in [6.07, 6.45) is 7.16. The fraction of sp³-hybridized carbons (Fsp3) is 0.647. The summed E-state index contributed by atoms with van der Waals surface area (Å²) in [5, 5.41) is 10.6. The zero-order chi connectivity index (χ0) is 13.8. The van der Waals surface area contributed by atoms with Crippen molar-refractivity contribution in [1.82, 2.24) is 0 Å². The standard InChI is InChI=1S/C17H26O2/c1-12-10-15(11-13(2)17(12)19-3)16(18)14-8-6-4-5-7-9-14/h10-11,14,16,18H,4-9H2,1-3H3. The molecule has 1 N–H and O–H groups in total. The molecule has 0 aromatic heterocycles. The lowest BCUT2D eigenvalue weighted by Gasteiger charge is -2.23. The minimum absolute atomic E-state index is 0.318. The van der Waals surface area contributed by atoms with Gasteiger partial charge in [-0.25, -0.2) is 0 Å². The van der Waals surface area contributed by atoms with Crippen LogP contribution in [0.4, 0.5) is 0 Å². The Balaban J connectivity index is 2.20. The quantitative estimate of drug-likeness (QED) is 0.822. The van der Waals surface area contributed by atoms with Crippen LogP contribution < -0.4 is 4.74 Å². The van der Waals surface area contributed by atoms with E-state index in [2.05, 4.69) is 26.0 Å². The van der Waals surface area contributed by atoms with E-state index in [1.54, 1.807) is 7.11 Å². The van der Waals surface area contributed by atoms with E-state index < -0.39 is 0 Å². The molecule has 0 saturated heterocycles. The number of hydrogen-bond donors (Lipinski definition) is 1. The molecular weight excluding hydrogens is 236 g/mol. The molecule has 2 nitrogen and oxygen atoms in total. The zero-order valence-electron chi connectivity index (χ0n) is 12.4. The van der Waals surface area contributed by atoms with Gasteiger partial charge in [0, 0.05) is 0 Å². The van der Waals surface area contributed by atoms with Crippen molar-refractivity contribution in [1.29, 1.82) is 0 Å². The number of benzene rings is 1. The van der Waals surface area contributed by atoms with Gasteiger partial charge in [-0.2, -0.15) is 0 Å². The fourth-order valence-electron chi connectivity index (χ4n) is 3.38. The maximum Gasteiger partial charge on any atom is 0.124 e. The monoisotopic (exact) mass is 262 g/mol. The van der Waals surface area contributed by atoms with E-state index >= 15 is 0 Å². The third-order valence-corrected chi connectivity index (χ3v) is 4.37. The summed E-state index contributed by atoms with van der Waals surface area (Å²) >= 11 is 0. The normalized spacial score (nSPS) is 18.9. The summed E-state index contributed by atoms with van der Waals surface area (Å²) in [4.78, 5) is 0. The Bertz CT molecular complexity index is 394. The smallest absolute Gasteiger partial charge is 0.124 e. The van der Waals surface area contributed by atoms with E-state index in [9.17, 15) is 5.11 Å². The lowest BCUT2D eigenvalue weighted by molar-refractivity contribution is 0.0986. The van der Waals surface area contributed by atoms with Crippen molar-refractivity contribution in [3.05, 3.63) is 28.8 Å². The van der Waals surface area contributed by atoms with Gasteiger partial charge in [-0.05, 0) is 61.4 Å². The first-order valence-electron chi connectivity index (χ1n) is 7.46. The molecule has 2 rings (SSSR count). The van der Waals surface area contributed by atoms with Gasteiger partial charge in [-0.1, -0.05) is 25.7 Å². The number of aliphatic hydroxyl groups is 1. The maximum atomic E-state index is 10.6. The Morgan fingerprint density at radius 3 is 2.05 bits per heavy atom. The molecule has 1 atom stereocenters.